The summed E-state index contributed by atoms with van der Waals surface area (Å²) in [4.78, 5) is 19.4. The summed E-state index contributed by atoms with van der Waals surface area (Å²) in [6.07, 6.45) is 1.93. The number of carboxylic acids is 1. The van der Waals surface area contributed by atoms with Crippen molar-refractivity contribution in [1.82, 2.24) is 9.97 Å². The van der Waals surface area contributed by atoms with E-state index in [0.717, 1.165) is 10.0 Å². The van der Waals surface area contributed by atoms with E-state index in [2.05, 4.69) is 25.9 Å². The lowest BCUT2D eigenvalue weighted by Gasteiger charge is -2.06. The number of carboxylic acid groups (broad SMARTS) is 1. The number of hydrogen-bond acceptors (Lipinski definition) is 3. The third kappa shape index (κ3) is 2.56. The van der Waals surface area contributed by atoms with Gasteiger partial charge in [-0.2, -0.15) is 0 Å². The molecule has 2 rings (SSSR count). The molecule has 0 spiro atoms. The molecule has 0 amide bonds. The monoisotopic (exact) mass is 306 g/mol. The molecule has 5 heteroatoms. The van der Waals surface area contributed by atoms with Crippen molar-refractivity contribution in [3.63, 3.8) is 0 Å². The third-order valence-corrected chi connectivity index (χ3v) is 3.01. The van der Waals surface area contributed by atoms with E-state index in [1.165, 1.54) is 6.20 Å². The second-order valence-corrected chi connectivity index (χ2v) is 4.64. The van der Waals surface area contributed by atoms with Crippen LogP contribution < -0.4 is 0 Å². The highest BCUT2D eigenvalue weighted by molar-refractivity contribution is 9.10. The van der Waals surface area contributed by atoms with Crippen LogP contribution in [0.1, 0.15) is 23.0 Å². The Kier molecular flexibility index (Phi) is 3.72. The van der Waals surface area contributed by atoms with Crippen molar-refractivity contribution in [1.29, 1.82) is 0 Å². The molecule has 0 saturated heterocycles. The summed E-state index contributed by atoms with van der Waals surface area (Å²) in [7, 11) is 0. The second-order valence-electron chi connectivity index (χ2n) is 3.72. The van der Waals surface area contributed by atoms with Crippen LogP contribution in [0.15, 0.2) is 34.9 Å². The molecule has 0 saturated carbocycles. The Balaban J connectivity index is 2.51. The van der Waals surface area contributed by atoms with Crippen molar-refractivity contribution < 1.29 is 9.90 Å². The van der Waals surface area contributed by atoms with E-state index >= 15 is 0 Å². The number of halogens is 1. The predicted octanol–water partition coefficient (Wildman–Crippen LogP) is 3.17. The fraction of sp³-hybridized carbons (Fsp3) is 0.154. The van der Waals surface area contributed by atoms with Gasteiger partial charge in [0.25, 0.3) is 0 Å². The average Bonchev–Trinajstić information content (AvgIpc) is 2.37. The minimum atomic E-state index is -0.993. The Morgan fingerprint density at radius 2 is 2.22 bits per heavy atom. The van der Waals surface area contributed by atoms with Crippen LogP contribution in [0.4, 0.5) is 0 Å². The van der Waals surface area contributed by atoms with Gasteiger partial charge >= 0.3 is 5.97 Å². The number of rotatable bonds is 3. The van der Waals surface area contributed by atoms with Crippen LogP contribution in [0.2, 0.25) is 0 Å². The third-order valence-electron chi connectivity index (χ3n) is 2.52. The van der Waals surface area contributed by atoms with E-state index in [1.54, 1.807) is 0 Å². The summed E-state index contributed by atoms with van der Waals surface area (Å²) in [6.45, 7) is 1.87. The van der Waals surface area contributed by atoms with Gasteiger partial charge in [0, 0.05) is 16.2 Å². The first kappa shape index (κ1) is 12.7. The lowest BCUT2D eigenvalue weighted by molar-refractivity contribution is 0.0694. The van der Waals surface area contributed by atoms with Crippen LogP contribution >= 0.6 is 15.9 Å². The molecule has 92 valence electrons. The summed E-state index contributed by atoms with van der Waals surface area (Å²) in [6, 6.07) is 7.59. The van der Waals surface area contributed by atoms with Crippen LogP contribution in [0, 0.1) is 0 Å². The first-order valence-corrected chi connectivity index (χ1v) is 6.26. The molecular formula is C13H11BrN2O2. The average molecular weight is 307 g/mol. The van der Waals surface area contributed by atoms with Crippen molar-refractivity contribution >= 4 is 21.9 Å². The molecule has 0 atom stereocenters. The van der Waals surface area contributed by atoms with Gasteiger partial charge in [-0.05, 0) is 18.6 Å². The van der Waals surface area contributed by atoms with Gasteiger partial charge in [-0.1, -0.05) is 35.0 Å². The van der Waals surface area contributed by atoms with Gasteiger partial charge < -0.3 is 5.11 Å². The van der Waals surface area contributed by atoms with Gasteiger partial charge in [-0.25, -0.2) is 14.8 Å². The molecule has 0 aliphatic rings. The molecule has 1 heterocycles. The Labute approximate surface area is 113 Å². The molecule has 0 fully saturated rings. The molecule has 4 nitrogen and oxygen atoms in total. The maximum absolute atomic E-state index is 11.0. The summed E-state index contributed by atoms with van der Waals surface area (Å²) in [5.41, 5.74) is 1.57. The largest absolute Gasteiger partial charge is 0.478 e. The summed E-state index contributed by atoms with van der Waals surface area (Å²) in [5, 5.41) is 9.01. The molecule has 1 N–H and O–H groups in total. The van der Waals surface area contributed by atoms with Crippen molar-refractivity contribution in [2.45, 2.75) is 13.3 Å². The highest BCUT2D eigenvalue weighted by atomic mass is 79.9. The second kappa shape index (κ2) is 5.27. The maximum atomic E-state index is 11.0. The van der Waals surface area contributed by atoms with E-state index in [4.69, 9.17) is 5.11 Å². The van der Waals surface area contributed by atoms with Gasteiger partial charge in [-0.15, -0.1) is 0 Å². The molecule has 0 radical (unpaired) electrons. The van der Waals surface area contributed by atoms with Crippen molar-refractivity contribution in [2.24, 2.45) is 0 Å². The van der Waals surface area contributed by atoms with Gasteiger partial charge in [0.2, 0.25) is 0 Å². The molecule has 2 aromatic rings. The summed E-state index contributed by atoms with van der Waals surface area (Å²) < 4.78 is 0.934. The first-order valence-electron chi connectivity index (χ1n) is 5.47. The van der Waals surface area contributed by atoms with E-state index in [0.29, 0.717) is 17.9 Å². The molecule has 1 aromatic heterocycles. The molecule has 0 aliphatic carbocycles. The Morgan fingerprint density at radius 1 is 1.44 bits per heavy atom. The number of hydrogen-bond donors (Lipinski definition) is 1. The smallest absolute Gasteiger partial charge is 0.339 e. The van der Waals surface area contributed by atoms with Gasteiger partial charge in [-0.3, -0.25) is 0 Å². The zero-order chi connectivity index (χ0) is 13.1. The number of carbonyl (C=O) groups is 1. The van der Waals surface area contributed by atoms with Crippen LogP contribution in [0.25, 0.3) is 11.4 Å². The Hall–Kier alpha value is -1.75. The molecular weight excluding hydrogens is 296 g/mol. The fourth-order valence-corrected chi connectivity index (χ4v) is 2.03. The molecule has 0 aliphatic heterocycles. The SMILES string of the molecule is CCc1nc(-c2cccc(Br)c2)ncc1C(=O)O. The lowest BCUT2D eigenvalue weighted by Crippen LogP contribution is -2.06. The van der Waals surface area contributed by atoms with Crippen molar-refractivity contribution in [3.8, 4) is 11.4 Å². The number of aryl methyl sites for hydroxylation is 1. The van der Waals surface area contributed by atoms with E-state index < -0.39 is 5.97 Å². The molecule has 18 heavy (non-hydrogen) atoms. The van der Waals surface area contributed by atoms with Crippen molar-refractivity contribution in [3.05, 3.63) is 46.2 Å². The van der Waals surface area contributed by atoms with Crippen LogP contribution in [0.3, 0.4) is 0 Å². The number of aromatic carboxylic acids is 1. The first-order chi connectivity index (χ1) is 8.61. The Bertz CT molecular complexity index is 599. The number of aromatic nitrogens is 2. The predicted molar refractivity (Wildman–Crippen MR) is 71.5 cm³/mol. The highest BCUT2D eigenvalue weighted by Crippen LogP contribution is 2.20. The number of benzene rings is 1. The minimum absolute atomic E-state index is 0.163. The standard InChI is InChI=1S/C13H11BrN2O2/c1-2-11-10(13(17)18)7-15-12(16-11)8-4-3-5-9(14)6-8/h3-7H,2H2,1H3,(H,17,18). The summed E-state index contributed by atoms with van der Waals surface area (Å²) in [5.74, 6) is -0.453. The molecule has 1 aromatic carbocycles. The zero-order valence-electron chi connectivity index (χ0n) is 9.72. The minimum Gasteiger partial charge on any atom is -0.478 e. The molecule has 0 unspecified atom stereocenters. The van der Waals surface area contributed by atoms with Crippen molar-refractivity contribution in [2.75, 3.05) is 0 Å². The topological polar surface area (TPSA) is 63.1 Å². The van der Waals surface area contributed by atoms with E-state index in [9.17, 15) is 4.79 Å². The quantitative estimate of drug-likeness (QED) is 0.946. The molecule has 0 bridgehead atoms. The summed E-state index contributed by atoms with van der Waals surface area (Å²) >= 11 is 3.38. The Morgan fingerprint density at radius 3 is 2.83 bits per heavy atom. The number of nitrogens with zero attached hydrogens (tertiary/aromatic N) is 2. The maximum Gasteiger partial charge on any atom is 0.339 e. The van der Waals surface area contributed by atoms with Gasteiger partial charge in [0.15, 0.2) is 5.82 Å². The van der Waals surface area contributed by atoms with E-state index in [1.807, 2.05) is 31.2 Å². The van der Waals surface area contributed by atoms with Crippen LogP contribution in [0.5, 0.6) is 0 Å². The highest BCUT2D eigenvalue weighted by Gasteiger charge is 2.12. The normalized spacial score (nSPS) is 10.3. The fourth-order valence-electron chi connectivity index (χ4n) is 1.63. The lowest BCUT2D eigenvalue weighted by atomic mass is 10.1. The van der Waals surface area contributed by atoms with Crippen LogP contribution in [-0.2, 0) is 6.42 Å². The van der Waals surface area contributed by atoms with Gasteiger partial charge in [0.1, 0.15) is 0 Å². The van der Waals surface area contributed by atoms with Gasteiger partial charge in [0.05, 0.1) is 11.3 Å². The zero-order valence-corrected chi connectivity index (χ0v) is 11.3. The van der Waals surface area contributed by atoms with E-state index in [-0.39, 0.29) is 5.56 Å². The van der Waals surface area contributed by atoms with Crippen LogP contribution in [-0.4, -0.2) is 21.0 Å².